The Morgan fingerprint density at radius 2 is 2.17 bits per heavy atom. The van der Waals surface area contributed by atoms with Crippen molar-refractivity contribution in [1.82, 2.24) is 9.97 Å². The topological polar surface area (TPSA) is 67.8 Å². The van der Waals surface area contributed by atoms with Crippen LogP contribution in [-0.4, -0.2) is 16.5 Å². The fraction of sp³-hybridized carbons (Fsp3) is 0.214. The Labute approximate surface area is 105 Å². The molecule has 0 saturated heterocycles. The monoisotopic (exact) mass is 241 g/mol. The Morgan fingerprint density at radius 1 is 1.28 bits per heavy atom. The van der Waals surface area contributed by atoms with E-state index >= 15 is 0 Å². The molecule has 0 radical (unpaired) electrons. The molecule has 2 aromatic heterocycles. The number of aromatic nitrogens is 2. The van der Waals surface area contributed by atoms with E-state index in [0.717, 1.165) is 17.7 Å². The zero-order chi connectivity index (χ0) is 12.4. The van der Waals surface area contributed by atoms with E-state index in [1.165, 1.54) is 10.9 Å². The molecule has 0 atom stereocenters. The van der Waals surface area contributed by atoms with Crippen LogP contribution >= 0.6 is 0 Å². The highest BCUT2D eigenvalue weighted by atomic mass is 16.4. The Morgan fingerprint density at radius 3 is 3.06 bits per heavy atom. The summed E-state index contributed by atoms with van der Waals surface area (Å²) < 4.78 is 5.64. The van der Waals surface area contributed by atoms with Crippen molar-refractivity contribution in [2.24, 2.45) is 5.73 Å². The Balaban J connectivity index is 1.87. The number of aromatic amines is 1. The number of H-pyrrole nitrogens is 1. The third kappa shape index (κ3) is 2.02. The fourth-order valence-corrected chi connectivity index (χ4v) is 2.13. The number of nitrogens with two attached hydrogens (primary N) is 1. The van der Waals surface area contributed by atoms with Gasteiger partial charge in [0.15, 0.2) is 5.89 Å². The van der Waals surface area contributed by atoms with Gasteiger partial charge in [-0.25, -0.2) is 4.98 Å². The second-order valence-corrected chi connectivity index (χ2v) is 4.30. The van der Waals surface area contributed by atoms with E-state index in [-0.39, 0.29) is 0 Å². The number of rotatable bonds is 4. The van der Waals surface area contributed by atoms with Crippen LogP contribution in [0, 0.1) is 0 Å². The molecule has 3 N–H and O–H groups in total. The molecule has 2 heterocycles. The summed E-state index contributed by atoms with van der Waals surface area (Å²) in [5, 5.41) is 1.23. The molecule has 0 aliphatic carbocycles. The summed E-state index contributed by atoms with van der Waals surface area (Å²) in [5.41, 5.74) is 7.85. The smallest absolute Gasteiger partial charge is 0.195 e. The summed E-state index contributed by atoms with van der Waals surface area (Å²) in [4.78, 5) is 7.47. The van der Waals surface area contributed by atoms with E-state index < -0.39 is 0 Å². The van der Waals surface area contributed by atoms with Crippen LogP contribution in [0.15, 0.2) is 41.1 Å². The zero-order valence-corrected chi connectivity index (χ0v) is 10.0. The molecule has 0 saturated carbocycles. The molecule has 0 bridgehead atoms. The van der Waals surface area contributed by atoms with Crippen molar-refractivity contribution >= 4 is 10.9 Å². The van der Waals surface area contributed by atoms with Crippen molar-refractivity contribution in [3.8, 4) is 0 Å². The van der Waals surface area contributed by atoms with Crippen LogP contribution in [0.25, 0.3) is 10.9 Å². The number of fused-ring (bicyclic) bond motifs is 1. The van der Waals surface area contributed by atoms with Crippen LogP contribution in [0.1, 0.15) is 17.2 Å². The van der Waals surface area contributed by atoms with Gasteiger partial charge in [0, 0.05) is 36.5 Å². The van der Waals surface area contributed by atoms with Crippen LogP contribution in [-0.2, 0) is 12.8 Å². The minimum absolute atomic E-state index is 0.563. The number of hydrogen-bond acceptors (Lipinski definition) is 3. The molecule has 92 valence electrons. The molecule has 4 heteroatoms. The predicted molar refractivity (Wildman–Crippen MR) is 70.4 cm³/mol. The van der Waals surface area contributed by atoms with Gasteiger partial charge in [0.05, 0.1) is 6.20 Å². The van der Waals surface area contributed by atoms with E-state index in [2.05, 4.69) is 22.1 Å². The zero-order valence-electron chi connectivity index (χ0n) is 10.0. The minimum Gasteiger partial charge on any atom is -0.445 e. The third-order valence-corrected chi connectivity index (χ3v) is 3.00. The van der Waals surface area contributed by atoms with E-state index in [0.29, 0.717) is 18.9 Å². The maximum atomic E-state index is 5.64. The average molecular weight is 241 g/mol. The predicted octanol–water partition coefficient (Wildman–Crippen LogP) is 2.25. The third-order valence-electron chi connectivity index (χ3n) is 3.00. The number of nitrogens with zero attached hydrogens (tertiary/aromatic N) is 1. The maximum absolute atomic E-state index is 5.64. The van der Waals surface area contributed by atoms with Gasteiger partial charge < -0.3 is 15.1 Å². The first-order valence-electron chi connectivity index (χ1n) is 6.05. The number of oxazole rings is 1. The Bertz CT molecular complexity index is 654. The molecular formula is C14H15N3O. The van der Waals surface area contributed by atoms with Gasteiger partial charge in [-0.05, 0) is 11.6 Å². The lowest BCUT2D eigenvalue weighted by molar-refractivity contribution is 0.463. The first-order chi connectivity index (χ1) is 8.86. The van der Waals surface area contributed by atoms with Crippen molar-refractivity contribution in [1.29, 1.82) is 0 Å². The number of hydrogen-bond donors (Lipinski definition) is 2. The summed E-state index contributed by atoms with van der Waals surface area (Å²) in [7, 11) is 0. The highest BCUT2D eigenvalue weighted by Crippen LogP contribution is 2.21. The van der Waals surface area contributed by atoms with Gasteiger partial charge in [0.25, 0.3) is 0 Å². The summed E-state index contributed by atoms with van der Waals surface area (Å²) in [6.07, 6.45) is 5.25. The quantitative estimate of drug-likeness (QED) is 0.736. The van der Waals surface area contributed by atoms with E-state index in [1.807, 2.05) is 18.3 Å². The van der Waals surface area contributed by atoms with Crippen molar-refractivity contribution in [3.05, 3.63) is 53.9 Å². The van der Waals surface area contributed by atoms with Crippen LogP contribution in [0.2, 0.25) is 0 Å². The molecule has 0 fully saturated rings. The normalized spacial score (nSPS) is 11.2. The van der Waals surface area contributed by atoms with Gasteiger partial charge in [0.1, 0.15) is 5.76 Å². The summed E-state index contributed by atoms with van der Waals surface area (Å²) in [5.74, 6) is 1.59. The highest BCUT2D eigenvalue weighted by Gasteiger charge is 2.08. The van der Waals surface area contributed by atoms with Gasteiger partial charge in [-0.3, -0.25) is 0 Å². The molecule has 3 aromatic rings. The highest BCUT2D eigenvalue weighted by molar-refractivity contribution is 5.83. The molecular weight excluding hydrogens is 226 g/mol. The Kier molecular flexibility index (Phi) is 2.86. The average Bonchev–Trinajstić information content (AvgIpc) is 2.99. The van der Waals surface area contributed by atoms with Gasteiger partial charge >= 0.3 is 0 Å². The van der Waals surface area contributed by atoms with Gasteiger partial charge in [-0.2, -0.15) is 0 Å². The molecule has 3 rings (SSSR count). The summed E-state index contributed by atoms with van der Waals surface area (Å²) in [6.45, 7) is 0.563. The maximum Gasteiger partial charge on any atom is 0.195 e. The summed E-state index contributed by atoms with van der Waals surface area (Å²) in [6, 6.07) is 8.24. The van der Waals surface area contributed by atoms with E-state index in [4.69, 9.17) is 10.2 Å². The molecule has 1 aromatic carbocycles. The molecule has 0 aliphatic rings. The van der Waals surface area contributed by atoms with Crippen LogP contribution in [0.5, 0.6) is 0 Å². The first kappa shape index (κ1) is 11.0. The number of nitrogens with one attached hydrogen (secondary N) is 1. The lowest BCUT2D eigenvalue weighted by Gasteiger charge is -1.95. The van der Waals surface area contributed by atoms with Gasteiger partial charge in [-0.1, -0.05) is 18.2 Å². The number of para-hydroxylation sites is 1. The minimum atomic E-state index is 0.563. The SMILES string of the molecule is NCCc1ncc(Cc2c[nH]c3ccccc23)o1. The van der Waals surface area contributed by atoms with E-state index in [1.54, 1.807) is 6.20 Å². The van der Waals surface area contributed by atoms with Crippen LogP contribution in [0.3, 0.4) is 0 Å². The number of benzene rings is 1. The summed E-state index contributed by atoms with van der Waals surface area (Å²) >= 11 is 0. The lowest BCUT2D eigenvalue weighted by atomic mass is 10.1. The van der Waals surface area contributed by atoms with Crippen molar-refractivity contribution in [3.63, 3.8) is 0 Å². The molecule has 4 nitrogen and oxygen atoms in total. The standard InChI is InChI=1S/C14H15N3O/c15-6-5-14-17-9-11(18-14)7-10-8-16-13-4-2-1-3-12(10)13/h1-4,8-9,16H,5-7,15H2. The fourth-order valence-electron chi connectivity index (χ4n) is 2.13. The molecule has 0 spiro atoms. The van der Waals surface area contributed by atoms with Gasteiger partial charge in [-0.15, -0.1) is 0 Å². The second kappa shape index (κ2) is 4.66. The molecule has 0 unspecified atom stereocenters. The van der Waals surface area contributed by atoms with Crippen LogP contribution < -0.4 is 5.73 Å². The van der Waals surface area contributed by atoms with Gasteiger partial charge in [0.2, 0.25) is 0 Å². The Hall–Kier alpha value is -2.07. The van der Waals surface area contributed by atoms with E-state index in [9.17, 15) is 0 Å². The first-order valence-corrected chi connectivity index (χ1v) is 6.05. The molecule has 0 amide bonds. The largest absolute Gasteiger partial charge is 0.445 e. The molecule has 0 aliphatic heterocycles. The van der Waals surface area contributed by atoms with Crippen molar-refractivity contribution in [2.75, 3.05) is 6.54 Å². The second-order valence-electron chi connectivity index (χ2n) is 4.30. The lowest BCUT2D eigenvalue weighted by Crippen LogP contribution is -2.02. The molecule has 18 heavy (non-hydrogen) atoms. The van der Waals surface area contributed by atoms with Crippen molar-refractivity contribution < 1.29 is 4.42 Å². The van der Waals surface area contributed by atoms with Crippen LogP contribution in [0.4, 0.5) is 0 Å². The van der Waals surface area contributed by atoms with Crippen molar-refractivity contribution in [2.45, 2.75) is 12.8 Å².